The number of carbonyl (C=O) groups is 1. The second-order valence-electron chi connectivity index (χ2n) is 5.82. The summed E-state index contributed by atoms with van der Waals surface area (Å²) in [5.41, 5.74) is 0.0282. The third kappa shape index (κ3) is 4.48. The lowest BCUT2D eigenvalue weighted by molar-refractivity contribution is -0.202. The fourth-order valence-corrected chi connectivity index (χ4v) is 1.86. The van der Waals surface area contributed by atoms with E-state index in [-0.39, 0.29) is 10.3 Å². The van der Waals surface area contributed by atoms with E-state index in [0.29, 0.717) is 17.6 Å². The minimum atomic E-state index is -4.54. The second-order valence-corrected chi connectivity index (χ2v) is 5.82. The number of hydrogen-bond donors (Lipinski definition) is 1. The molecule has 2 rings (SSSR count). The lowest BCUT2D eigenvalue weighted by Gasteiger charge is -2.19. The maximum Gasteiger partial charge on any atom is 0.490 e. The molecule has 1 aromatic heterocycles. The number of ether oxygens (including phenoxy) is 1. The van der Waals surface area contributed by atoms with Gasteiger partial charge in [-0.2, -0.15) is 0 Å². The van der Waals surface area contributed by atoms with Crippen LogP contribution < -0.4 is 5.32 Å². The van der Waals surface area contributed by atoms with Crippen molar-refractivity contribution in [3.05, 3.63) is 36.8 Å². The van der Waals surface area contributed by atoms with E-state index in [0.717, 1.165) is 6.20 Å². The van der Waals surface area contributed by atoms with Crippen LogP contribution in [0.1, 0.15) is 20.8 Å². The molecule has 1 amide bonds. The molecule has 8 heteroatoms. The number of alkyl halides is 3. The zero-order valence-electron chi connectivity index (χ0n) is 12.8. The number of nitrogens with one attached hydrogen (secondary N) is 1. The summed E-state index contributed by atoms with van der Waals surface area (Å²) in [4.78, 5) is 15.2. The predicted molar refractivity (Wildman–Crippen MR) is 78.8 cm³/mol. The molecule has 1 heterocycles. The maximum atomic E-state index is 12.8. The van der Waals surface area contributed by atoms with Gasteiger partial charge in [0.15, 0.2) is 0 Å². The summed E-state index contributed by atoms with van der Waals surface area (Å²) in [5.74, 6) is 0. The van der Waals surface area contributed by atoms with Crippen LogP contribution in [-0.2, 0) is 11.0 Å². The van der Waals surface area contributed by atoms with Gasteiger partial charge in [0.25, 0.3) is 0 Å². The summed E-state index contributed by atoms with van der Waals surface area (Å²) in [6.45, 7) is 5.19. The highest BCUT2D eigenvalue weighted by Gasteiger charge is 2.32. The Labute approximate surface area is 131 Å². The van der Waals surface area contributed by atoms with Crippen molar-refractivity contribution in [3.63, 3.8) is 0 Å². The van der Waals surface area contributed by atoms with Crippen molar-refractivity contribution in [3.8, 4) is 11.3 Å². The van der Waals surface area contributed by atoms with E-state index in [2.05, 4.69) is 10.3 Å². The first kappa shape index (κ1) is 16.9. The molecule has 0 bridgehead atoms. The van der Waals surface area contributed by atoms with Crippen LogP contribution in [0.3, 0.4) is 0 Å². The molecule has 0 atom stereocenters. The number of benzene rings is 1. The van der Waals surface area contributed by atoms with Crippen LogP contribution in [0.5, 0.6) is 0 Å². The maximum absolute atomic E-state index is 12.8. The van der Waals surface area contributed by atoms with Crippen molar-refractivity contribution in [2.75, 3.05) is 5.32 Å². The van der Waals surface area contributed by atoms with Gasteiger partial charge in [-0.25, -0.2) is 14.3 Å². The number of hydrogen-bond acceptors (Lipinski definition) is 3. The number of amides is 1. The van der Waals surface area contributed by atoms with E-state index in [1.165, 1.54) is 24.3 Å². The topological polar surface area (TPSA) is 56.1 Å². The third-order valence-corrected chi connectivity index (χ3v) is 2.74. The molecule has 0 saturated carbocycles. The summed E-state index contributed by atoms with van der Waals surface area (Å²) in [6.07, 6.45) is -3.34. The van der Waals surface area contributed by atoms with Gasteiger partial charge in [-0.05, 0) is 32.9 Å². The smallest absolute Gasteiger partial charge is 0.444 e. The lowest BCUT2D eigenvalue weighted by atomic mass is 10.1. The largest absolute Gasteiger partial charge is 0.490 e. The molecule has 0 radical (unpaired) electrons. The van der Waals surface area contributed by atoms with Crippen molar-refractivity contribution in [2.24, 2.45) is 0 Å². The first-order chi connectivity index (χ1) is 10.6. The van der Waals surface area contributed by atoms with Gasteiger partial charge in [0.1, 0.15) is 11.9 Å². The summed E-state index contributed by atoms with van der Waals surface area (Å²) in [5, 5.41) is 2.51. The summed E-state index contributed by atoms with van der Waals surface area (Å²) in [6, 6.07) is 5.91. The van der Waals surface area contributed by atoms with Gasteiger partial charge in [-0.3, -0.25) is 5.32 Å². The molecule has 2 aromatic rings. The molecule has 0 unspecified atom stereocenters. The van der Waals surface area contributed by atoms with E-state index in [1.807, 2.05) is 0 Å². The molecule has 0 fully saturated rings. The number of anilines is 1. The molecule has 0 saturated heterocycles. The Bertz CT molecular complexity index is 685. The summed E-state index contributed by atoms with van der Waals surface area (Å²) in [7, 11) is 0. The minimum Gasteiger partial charge on any atom is -0.444 e. The van der Waals surface area contributed by atoms with Crippen LogP contribution in [0.4, 0.5) is 23.7 Å². The van der Waals surface area contributed by atoms with E-state index >= 15 is 0 Å². The number of carbonyl (C=O) groups excluding carboxylic acids is 1. The van der Waals surface area contributed by atoms with Crippen molar-refractivity contribution in [1.82, 2.24) is 9.55 Å². The average Bonchev–Trinajstić information content (AvgIpc) is 2.86. The van der Waals surface area contributed by atoms with Crippen LogP contribution >= 0.6 is 0 Å². The Hall–Kier alpha value is -2.51. The Kier molecular flexibility index (Phi) is 4.35. The Morgan fingerprint density at radius 3 is 2.30 bits per heavy atom. The zero-order chi connectivity index (χ0) is 17.3. The van der Waals surface area contributed by atoms with Gasteiger partial charge < -0.3 is 4.74 Å². The third-order valence-electron chi connectivity index (χ3n) is 2.74. The lowest BCUT2D eigenvalue weighted by Crippen LogP contribution is -2.27. The SMILES string of the molecule is CC(C)(C)OC(=O)Nc1ccc(-c2cncn2C(F)(F)F)cc1. The fraction of sp³-hybridized carbons (Fsp3) is 0.333. The monoisotopic (exact) mass is 327 g/mol. The zero-order valence-corrected chi connectivity index (χ0v) is 12.8. The standard InChI is InChI=1S/C15H16F3N3O2/c1-14(2,3)23-13(22)20-11-6-4-10(5-7-11)12-8-19-9-21(12)15(16,17)18/h4-9H,1-3H3,(H,20,22). The van der Waals surface area contributed by atoms with Gasteiger partial charge in [0.05, 0.1) is 11.9 Å². The second kappa shape index (κ2) is 5.94. The summed E-state index contributed by atoms with van der Waals surface area (Å²) >= 11 is 0. The number of imidazole rings is 1. The van der Waals surface area contributed by atoms with Gasteiger partial charge in [-0.15, -0.1) is 13.2 Å². The fourth-order valence-electron chi connectivity index (χ4n) is 1.86. The highest BCUT2D eigenvalue weighted by atomic mass is 19.4. The average molecular weight is 327 g/mol. The molecule has 1 N–H and O–H groups in total. The van der Waals surface area contributed by atoms with Crippen LogP contribution in [0.25, 0.3) is 11.3 Å². The van der Waals surface area contributed by atoms with E-state index in [9.17, 15) is 18.0 Å². The first-order valence-electron chi connectivity index (χ1n) is 6.76. The molecular weight excluding hydrogens is 311 g/mol. The Morgan fingerprint density at radius 1 is 1.17 bits per heavy atom. The van der Waals surface area contributed by atoms with E-state index in [4.69, 9.17) is 4.74 Å². The number of rotatable bonds is 2. The first-order valence-corrected chi connectivity index (χ1v) is 6.76. The minimum absolute atomic E-state index is 0.0821. The van der Waals surface area contributed by atoms with Crippen LogP contribution in [-0.4, -0.2) is 21.2 Å². The van der Waals surface area contributed by atoms with Crippen molar-refractivity contribution in [2.45, 2.75) is 32.7 Å². The molecule has 0 aliphatic rings. The molecule has 5 nitrogen and oxygen atoms in total. The normalized spacial score (nSPS) is 12.1. The number of aromatic nitrogens is 2. The molecule has 0 spiro atoms. The highest BCUT2D eigenvalue weighted by molar-refractivity contribution is 5.85. The van der Waals surface area contributed by atoms with Crippen LogP contribution in [0.2, 0.25) is 0 Å². The number of halogens is 3. The molecular formula is C15H16F3N3O2. The van der Waals surface area contributed by atoms with E-state index in [1.54, 1.807) is 20.8 Å². The van der Waals surface area contributed by atoms with Gasteiger partial charge in [0, 0.05) is 11.3 Å². The Morgan fingerprint density at radius 2 is 1.78 bits per heavy atom. The molecule has 0 aliphatic carbocycles. The quantitative estimate of drug-likeness (QED) is 0.891. The van der Waals surface area contributed by atoms with Crippen molar-refractivity contribution in [1.29, 1.82) is 0 Å². The molecule has 124 valence electrons. The molecule has 23 heavy (non-hydrogen) atoms. The highest BCUT2D eigenvalue weighted by Crippen LogP contribution is 2.30. The van der Waals surface area contributed by atoms with Gasteiger partial charge >= 0.3 is 12.4 Å². The Balaban J connectivity index is 2.15. The van der Waals surface area contributed by atoms with Gasteiger partial charge in [-0.1, -0.05) is 12.1 Å². The van der Waals surface area contributed by atoms with Crippen molar-refractivity contribution < 1.29 is 22.7 Å². The van der Waals surface area contributed by atoms with Crippen LogP contribution in [0, 0.1) is 0 Å². The molecule has 0 aliphatic heterocycles. The number of nitrogens with zero attached hydrogens (tertiary/aromatic N) is 2. The van der Waals surface area contributed by atoms with Crippen LogP contribution in [0.15, 0.2) is 36.8 Å². The molecule has 1 aromatic carbocycles. The van der Waals surface area contributed by atoms with Crippen molar-refractivity contribution >= 4 is 11.8 Å². The predicted octanol–water partition coefficient (Wildman–Crippen LogP) is 4.37. The van der Waals surface area contributed by atoms with Gasteiger partial charge in [0.2, 0.25) is 0 Å². The van der Waals surface area contributed by atoms with E-state index < -0.39 is 18.0 Å². The summed E-state index contributed by atoms with van der Waals surface area (Å²) < 4.78 is 43.7.